The predicted octanol–water partition coefficient (Wildman–Crippen LogP) is 2.79. The maximum Gasteiger partial charge on any atom is 0.150 e. The van der Waals surface area contributed by atoms with Crippen LogP contribution in [0.2, 0.25) is 0 Å². The molecule has 3 nitrogen and oxygen atoms in total. The Morgan fingerprint density at radius 3 is 2.44 bits per heavy atom. The first-order valence-corrected chi connectivity index (χ1v) is 5.26. The predicted molar refractivity (Wildman–Crippen MR) is 66.4 cm³/mol. The molecular weight excluding hydrogens is 198 g/mol. The average molecular weight is 213 g/mol. The fraction of sp³-hybridized carbons (Fsp3) is 0.231. The molecule has 1 heterocycles. The largest absolute Gasteiger partial charge is 0.251 e. The summed E-state index contributed by atoms with van der Waals surface area (Å²) in [4.78, 5) is 4.40. The number of rotatable bonds is 2. The van der Waals surface area contributed by atoms with Crippen LogP contribution in [0.1, 0.15) is 16.8 Å². The molecule has 0 aliphatic rings. The standard InChI is InChI=1S/C13H15N3/c1-10-4-6-12(7-5-10)9-14-13-8-11(2)15-16(13)3/h4-9H,1-3H3/b14-9+. The van der Waals surface area contributed by atoms with Gasteiger partial charge in [0.15, 0.2) is 0 Å². The fourth-order valence-corrected chi connectivity index (χ4v) is 1.51. The van der Waals surface area contributed by atoms with E-state index in [1.807, 2.05) is 26.3 Å². The van der Waals surface area contributed by atoms with Crippen molar-refractivity contribution < 1.29 is 0 Å². The van der Waals surface area contributed by atoms with E-state index in [2.05, 4.69) is 41.3 Å². The lowest BCUT2D eigenvalue weighted by Crippen LogP contribution is -1.89. The number of aryl methyl sites for hydroxylation is 3. The monoisotopic (exact) mass is 213 g/mol. The lowest BCUT2D eigenvalue weighted by atomic mass is 10.2. The molecule has 0 saturated heterocycles. The number of benzene rings is 1. The molecule has 2 rings (SSSR count). The van der Waals surface area contributed by atoms with Crippen LogP contribution >= 0.6 is 0 Å². The van der Waals surface area contributed by atoms with Gasteiger partial charge in [0.1, 0.15) is 5.82 Å². The van der Waals surface area contributed by atoms with Crippen LogP contribution in [0.25, 0.3) is 0 Å². The van der Waals surface area contributed by atoms with E-state index in [0.29, 0.717) is 0 Å². The van der Waals surface area contributed by atoms with Gasteiger partial charge < -0.3 is 0 Å². The highest BCUT2D eigenvalue weighted by Crippen LogP contribution is 2.12. The summed E-state index contributed by atoms with van der Waals surface area (Å²) >= 11 is 0. The van der Waals surface area contributed by atoms with Gasteiger partial charge in [-0.2, -0.15) is 5.10 Å². The molecule has 0 N–H and O–H groups in total. The Labute approximate surface area is 95.5 Å². The molecule has 0 aliphatic carbocycles. The molecular formula is C13H15N3. The fourth-order valence-electron chi connectivity index (χ4n) is 1.51. The molecule has 0 saturated carbocycles. The number of nitrogens with zero attached hydrogens (tertiary/aromatic N) is 3. The Kier molecular flexibility index (Phi) is 2.86. The van der Waals surface area contributed by atoms with E-state index >= 15 is 0 Å². The van der Waals surface area contributed by atoms with E-state index < -0.39 is 0 Å². The molecule has 3 heteroatoms. The summed E-state index contributed by atoms with van der Waals surface area (Å²) in [6, 6.07) is 10.2. The zero-order chi connectivity index (χ0) is 11.5. The van der Waals surface area contributed by atoms with Crippen LogP contribution in [-0.2, 0) is 7.05 Å². The van der Waals surface area contributed by atoms with Gasteiger partial charge in [0.05, 0.1) is 5.69 Å². The van der Waals surface area contributed by atoms with Crippen molar-refractivity contribution in [1.82, 2.24) is 9.78 Å². The SMILES string of the molecule is Cc1ccc(/C=N/c2cc(C)nn2C)cc1. The third-order valence-electron chi connectivity index (χ3n) is 2.40. The Bertz CT molecular complexity index is 506. The smallest absolute Gasteiger partial charge is 0.150 e. The average Bonchev–Trinajstić information content (AvgIpc) is 2.57. The summed E-state index contributed by atoms with van der Waals surface area (Å²) in [6.07, 6.45) is 1.86. The van der Waals surface area contributed by atoms with Crippen LogP contribution in [0, 0.1) is 13.8 Å². The van der Waals surface area contributed by atoms with Crippen molar-refractivity contribution in [3.63, 3.8) is 0 Å². The molecule has 16 heavy (non-hydrogen) atoms. The second-order valence-corrected chi connectivity index (χ2v) is 3.94. The van der Waals surface area contributed by atoms with Crippen molar-refractivity contribution in [1.29, 1.82) is 0 Å². The summed E-state index contributed by atoms with van der Waals surface area (Å²) in [7, 11) is 1.90. The third kappa shape index (κ3) is 2.37. The van der Waals surface area contributed by atoms with Gasteiger partial charge in [-0.05, 0) is 19.4 Å². The van der Waals surface area contributed by atoms with Crippen molar-refractivity contribution in [2.45, 2.75) is 13.8 Å². The van der Waals surface area contributed by atoms with Gasteiger partial charge in [-0.1, -0.05) is 29.8 Å². The zero-order valence-electron chi connectivity index (χ0n) is 9.81. The van der Waals surface area contributed by atoms with Crippen LogP contribution in [-0.4, -0.2) is 16.0 Å². The number of aliphatic imine (C=N–C) groups is 1. The third-order valence-corrected chi connectivity index (χ3v) is 2.40. The van der Waals surface area contributed by atoms with Crippen LogP contribution in [0.5, 0.6) is 0 Å². The van der Waals surface area contributed by atoms with E-state index in [1.54, 1.807) is 4.68 Å². The molecule has 0 unspecified atom stereocenters. The van der Waals surface area contributed by atoms with Gasteiger partial charge in [0.2, 0.25) is 0 Å². The molecule has 0 spiro atoms. The number of hydrogen-bond acceptors (Lipinski definition) is 2. The Morgan fingerprint density at radius 2 is 1.88 bits per heavy atom. The maximum absolute atomic E-state index is 4.40. The van der Waals surface area contributed by atoms with E-state index in [4.69, 9.17) is 0 Å². The molecule has 0 bridgehead atoms. The molecule has 0 amide bonds. The number of aromatic nitrogens is 2. The first-order chi connectivity index (χ1) is 7.65. The maximum atomic E-state index is 4.40. The minimum Gasteiger partial charge on any atom is -0.251 e. The Hall–Kier alpha value is -1.90. The first kappa shape index (κ1) is 10.6. The van der Waals surface area contributed by atoms with Crippen LogP contribution in [0.4, 0.5) is 5.82 Å². The van der Waals surface area contributed by atoms with E-state index in [9.17, 15) is 0 Å². The van der Waals surface area contributed by atoms with Gasteiger partial charge in [-0.15, -0.1) is 0 Å². The minimum absolute atomic E-state index is 0.873. The lowest BCUT2D eigenvalue weighted by molar-refractivity contribution is 0.760. The van der Waals surface area contributed by atoms with Crippen LogP contribution in [0.3, 0.4) is 0 Å². The highest BCUT2D eigenvalue weighted by atomic mass is 15.3. The highest BCUT2D eigenvalue weighted by Gasteiger charge is 1.97. The minimum atomic E-state index is 0.873. The summed E-state index contributed by atoms with van der Waals surface area (Å²) in [5, 5.41) is 4.24. The van der Waals surface area contributed by atoms with E-state index in [-0.39, 0.29) is 0 Å². The molecule has 0 aliphatic heterocycles. The molecule has 0 radical (unpaired) electrons. The molecule has 0 fully saturated rings. The van der Waals surface area contributed by atoms with Crippen molar-refractivity contribution in [2.75, 3.05) is 0 Å². The summed E-state index contributed by atoms with van der Waals surface area (Å²) in [5.41, 5.74) is 3.34. The summed E-state index contributed by atoms with van der Waals surface area (Å²) < 4.78 is 1.78. The highest BCUT2D eigenvalue weighted by molar-refractivity contribution is 5.81. The van der Waals surface area contributed by atoms with Crippen molar-refractivity contribution in [3.8, 4) is 0 Å². The molecule has 1 aromatic carbocycles. The second kappa shape index (κ2) is 4.31. The van der Waals surface area contributed by atoms with E-state index in [1.165, 1.54) is 5.56 Å². The topological polar surface area (TPSA) is 30.2 Å². The van der Waals surface area contributed by atoms with Crippen LogP contribution < -0.4 is 0 Å². The van der Waals surface area contributed by atoms with Crippen molar-refractivity contribution in [2.24, 2.45) is 12.0 Å². The quantitative estimate of drug-likeness (QED) is 0.705. The zero-order valence-corrected chi connectivity index (χ0v) is 9.81. The van der Waals surface area contributed by atoms with Gasteiger partial charge in [-0.3, -0.25) is 4.68 Å². The lowest BCUT2D eigenvalue weighted by Gasteiger charge is -1.95. The molecule has 82 valence electrons. The van der Waals surface area contributed by atoms with Crippen molar-refractivity contribution in [3.05, 3.63) is 47.2 Å². The summed E-state index contributed by atoms with van der Waals surface area (Å²) in [5.74, 6) is 0.873. The molecule has 1 aromatic heterocycles. The van der Waals surface area contributed by atoms with Gasteiger partial charge in [0, 0.05) is 19.3 Å². The molecule has 2 aromatic rings. The Balaban J connectivity index is 2.21. The van der Waals surface area contributed by atoms with E-state index in [0.717, 1.165) is 17.1 Å². The Morgan fingerprint density at radius 1 is 1.19 bits per heavy atom. The summed E-state index contributed by atoms with van der Waals surface area (Å²) in [6.45, 7) is 4.04. The normalized spacial score (nSPS) is 11.2. The molecule has 0 atom stereocenters. The second-order valence-electron chi connectivity index (χ2n) is 3.94. The van der Waals surface area contributed by atoms with Gasteiger partial charge in [0.25, 0.3) is 0 Å². The first-order valence-electron chi connectivity index (χ1n) is 5.26. The van der Waals surface area contributed by atoms with Gasteiger partial charge >= 0.3 is 0 Å². The van der Waals surface area contributed by atoms with Crippen molar-refractivity contribution >= 4 is 12.0 Å². The van der Waals surface area contributed by atoms with Crippen LogP contribution in [0.15, 0.2) is 35.3 Å². The van der Waals surface area contributed by atoms with Gasteiger partial charge in [-0.25, -0.2) is 4.99 Å². The number of hydrogen-bond donors (Lipinski definition) is 0.